The van der Waals surface area contributed by atoms with E-state index < -0.39 is 11.9 Å². The number of pyridine rings is 2. The third-order valence-electron chi connectivity index (χ3n) is 7.80. The molecule has 0 saturated carbocycles. The number of halogens is 2. The van der Waals surface area contributed by atoms with E-state index >= 15 is 0 Å². The minimum Gasteiger partial charge on any atom is -0.481 e. The van der Waals surface area contributed by atoms with Crippen LogP contribution < -0.4 is 20.4 Å². The van der Waals surface area contributed by atoms with Gasteiger partial charge in [0.2, 0.25) is 11.3 Å². The van der Waals surface area contributed by atoms with Gasteiger partial charge in [-0.2, -0.15) is 0 Å². The van der Waals surface area contributed by atoms with Gasteiger partial charge in [0.1, 0.15) is 12.7 Å². The number of rotatable bonds is 7. The van der Waals surface area contributed by atoms with E-state index in [2.05, 4.69) is 92.6 Å². The number of anilines is 2. The lowest BCUT2D eigenvalue weighted by Crippen LogP contribution is -2.57. The first-order valence-corrected chi connectivity index (χ1v) is 16.3. The minimum atomic E-state index is -1.08. The van der Waals surface area contributed by atoms with Gasteiger partial charge in [0.25, 0.3) is 0 Å². The van der Waals surface area contributed by atoms with Gasteiger partial charge in [0.05, 0.1) is 23.9 Å². The second-order valence-corrected chi connectivity index (χ2v) is 12.8. The number of carbonyl (C=O) groups is 2. The fourth-order valence-corrected chi connectivity index (χ4v) is 5.74. The van der Waals surface area contributed by atoms with Gasteiger partial charge in [-0.15, -0.1) is 20.4 Å². The quantitative estimate of drug-likeness (QED) is 0.165. The van der Waals surface area contributed by atoms with E-state index in [1.807, 2.05) is 35.0 Å². The molecule has 0 aliphatic carbocycles. The first-order valence-electron chi connectivity index (χ1n) is 14.7. The van der Waals surface area contributed by atoms with Crippen LogP contribution in [-0.4, -0.2) is 135 Å². The number of hydrogen-bond acceptors (Lipinski definition) is 14. The Morgan fingerprint density at radius 3 is 1.46 bits per heavy atom. The number of carboxylic acid groups (broad SMARTS) is 2. The van der Waals surface area contributed by atoms with E-state index in [9.17, 15) is 9.59 Å². The Morgan fingerprint density at radius 1 is 0.740 bits per heavy atom. The van der Waals surface area contributed by atoms with Crippen molar-refractivity contribution in [3.05, 3.63) is 46.1 Å². The molecule has 22 heteroatoms. The van der Waals surface area contributed by atoms with Crippen LogP contribution in [0, 0.1) is 0 Å². The molecule has 8 heterocycles. The molecular weight excluding hydrogens is 788 g/mol. The fraction of sp³-hybridized carbons (Fsp3) is 0.357. The zero-order valence-electron chi connectivity index (χ0n) is 26.7. The zero-order valence-corrected chi connectivity index (χ0v) is 29.9. The number of fused-ring (bicyclic) bond motifs is 6. The Bertz CT molecular complexity index is 1970. The Balaban J connectivity index is 0.000000180. The van der Waals surface area contributed by atoms with Gasteiger partial charge in [-0.1, -0.05) is 0 Å². The predicted molar refractivity (Wildman–Crippen MR) is 189 cm³/mol. The molecule has 2 aliphatic heterocycles. The highest BCUT2D eigenvalue weighted by Crippen LogP contribution is 2.28. The summed E-state index contributed by atoms with van der Waals surface area (Å²) in [6.45, 7) is 3.70. The number of aliphatic carboxylic acids is 2. The molecule has 0 atom stereocenters. The van der Waals surface area contributed by atoms with Crippen LogP contribution in [0.3, 0.4) is 0 Å². The topological polar surface area (TPSA) is 280 Å². The lowest BCUT2D eigenvalue weighted by molar-refractivity contribution is -0.143. The largest absolute Gasteiger partial charge is 0.481 e. The van der Waals surface area contributed by atoms with Gasteiger partial charge >= 0.3 is 11.9 Å². The van der Waals surface area contributed by atoms with Crippen LogP contribution in [0.25, 0.3) is 33.6 Å². The SMILES string of the molecule is CNC1CN(c2nc3ncc(Br)cc3n3cnnc23)C1.CNC1CN(c2nc3ncc(Br)cc3n3cnnc23)C1.O.O.O=C(O)CCC(=O)O. The van der Waals surface area contributed by atoms with Crippen molar-refractivity contribution in [3.8, 4) is 0 Å². The van der Waals surface area contributed by atoms with Gasteiger partial charge in [-0.05, 0) is 58.1 Å². The van der Waals surface area contributed by atoms with E-state index in [0.29, 0.717) is 23.4 Å². The Labute approximate surface area is 299 Å². The summed E-state index contributed by atoms with van der Waals surface area (Å²) >= 11 is 6.87. The number of hydrogen-bond donors (Lipinski definition) is 4. The number of carboxylic acids is 2. The van der Waals surface area contributed by atoms with Crippen LogP contribution in [0.1, 0.15) is 12.8 Å². The maximum Gasteiger partial charge on any atom is 0.303 e. The molecule has 0 radical (unpaired) electrons. The Kier molecular flexibility index (Phi) is 12.4. The van der Waals surface area contributed by atoms with Crippen LogP contribution >= 0.6 is 31.9 Å². The van der Waals surface area contributed by atoms with Crippen molar-refractivity contribution in [2.24, 2.45) is 0 Å². The minimum absolute atomic E-state index is 0. The van der Waals surface area contributed by atoms with Crippen molar-refractivity contribution in [1.29, 1.82) is 0 Å². The van der Waals surface area contributed by atoms with E-state index in [-0.39, 0.29) is 23.8 Å². The molecule has 6 aromatic heterocycles. The average Bonchev–Trinajstić information content (AvgIpc) is 3.72. The number of likely N-dealkylation sites (N-methyl/N-ethyl adjacent to an activating group) is 2. The maximum absolute atomic E-state index is 9.64. The molecule has 8 rings (SSSR count). The van der Waals surface area contributed by atoms with Crippen molar-refractivity contribution >= 4 is 89.1 Å². The van der Waals surface area contributed by atoms with Crippen molar-refractivity contribution in [2.75, 3.05) is 50.1 Å². The van der Waals surface area contributed by atoms with E-state index in [4.69, 9.17) is 10.2 Å². The van der Waals surface area contributed by atoms with Gasteiger partial charge in [-0.25, -0.2) is 19.9 Å². The molecule has 2 fully saturated rings. The molecule has 0 spiro atoms. The molecule has 0 unspecified atom stereocenters. The molecule has 0 aromatic carbocycles. The van der Waals surface area contributed by atoms with Gasteiger partial charge in [0, 0.05) is 59.6 Å². The highest BCUT2D eigenvalue weighted by molar-refractivity contribution is 9.10. The summed E-state index contributed by atoms with van der Waals surface area (Å²) < 4.78 is 5.69. The average molecular weight is 822 g/mol. The summed E-state index contributed by atoms with van der Waals surface area (Å²) in [7, 11) is 3.95. The summed E-state index contributed by atoms with van der Waals surface area (Å²) in [4.78, 5) is 41.7. The summed E-state index contributed by atoms with van der Waals surface area (Å²) in [5.74, 6) is -0.465. The Morgan fingerprint density at radius 2 is 1.12 bits per heavy atom. The third kappa shape index (κ3) is 8.00. The molecule has 20 nitrogen and oxygen atoms in total. The van der Waals surface area contributed by atoms with Crippen molar-refractivity contribution < 1.29 is 30.8 Å². The van der Waals surface area contributed by atoms with E-state index in [1.165, 1.54) is 0 Å². The van der Waals surface area contributed by atoms with Crippen LogP contribution in [0.15, 0.2) is 46.1 Å². The normalized spacial score (nSPS) is 14.2. The second-order valence-electron chi connectivity index (χ2n) is 11.0. The number of nitrogens with zero attached hydrogens (tertiary/aromatic N) is 12. The number of aromatic nitrogens is 10. The molecule has 6 aromatic rings. The highest BCUT2D eigenvalue weighted by Gasteiger charge is 2.30. The molecule has 2 saturated heterocycles. The van der Waals surface area contributed by atoms with E-state index in [0.717, 1.165) is 69.1 Å². The zero-order chi connectivity index (χ0) is 33.9. The lowest BCUT2D eigenvalue weighted by atomic mass is 10.1. The smallest absolute Gasteiger partial charge is 0.303 e. The summed E-state index contributed by atoms with van der Waals surface area (Å²) in [5, 5.41) is 38.7. The monoisotopic (exact) mass is 820 g/mol. The third-order valence-corrected chi connectivity index (χ3v) is 8.66. The first-order chi connectivity index (χ1) is 23.1. The maximum atomic E-state index is 9.64. The van der Waals surface area contributed by atoms with Crippen molar-refractivity contribution in [3.63, 3.8) is 0 Å². The molecule has 50 heavy (non-hydrogen) atoms. The summed E-state index contributed by atoms with van der Waals surface area (Å²) in [5.41, 5.74) is 4.73. The lowest BCUT2D eigenvalue weighted by Gasteiger charge is -2.39. The summed E-state index contributed by atoms with van der Waals surface area (Å²) in [6, 6.07) is 4.96. The second kappa shape index (κ2) is 16.3. The van der Waals surface area contributed by atoms with Gasteiger partial charge in [0.15, 0.2) is 22.9 Å². The first kappa shape index (κ1) is 38.1. The standard InChI is InChI=1S/2C12H12BrN7.C4H6O4.2H2O/c2*1-14-8-4-19(5-8)11-12-18-16-6-20(12)9-2-7(13)3-15-10(9)17-11;5-3(6)1-2-4(7)8;;/h2*2-3,6,8,14H,4-5H2,1H3;1-2H2,(H,5,6)(H,7,8);2*1H2. The van der Waals surface area contributed by atoms with E-state index in [1.54, 1.807) is 25.0 Å². The van der Waals surface area contributed by atoms with Crippen LogP contribution in [0.4, 0.5) is 11.6 Å². The predicted octanol–water partition coefficient (Wildman–Crippen LogP) is -0.0276. The van der Waals surface area contributed by atoms with Crippen LogP contribution in [-0.2, 0) is 9.59 Å². The molecule has 0 amide bonds. The highest BCUT2D eigenvalue weighted by atomic mass is 79.9. The molecule has 0 bridgehead atoms. The number of nitrogens with one attached hydrogen (secondary N) is 2. The fourth-order valence-electron chi connectivity index (χ4n) is 5.10. The van der Waals surface area contributed by atoms with Gasteiger partial charge < -0.3 is 41.6 Å². The van der Waals surface area contributed by atoms with Crippen molar-refractivity contribution in [2.45, 2.75) is 24.9 Å². The van der Waals surface area contributed by atoms with Crippen LogP contribution in [0.2, 0.25) is 0 Å². The van der Waals surface area contributed by atoms with Crippen molar-refractivity contribution in [1.82, 2.24) is 59.8 Å². The van der Waals surface area contributed by atoms with Gasteiger partial charge in [-0.3, -0.25) is 18.4 Å². The molecule has 2 aliphatic rings. The Hall–Kier alpha value is -4.74. The van der Waals surface area contributed by atoms with Crippen LogP contribution in [0.5, 0.6) is 0 Å². The molecule has 8 N–H and O–H groups in total. The summed E-state index contributed by atoms with van der Waals surface area (Å²) in [6.07, 6.45) is 6.31. The molecular formula is C28H34Br2N14O6. The molecule has 266 valence electrons.